The van der Waals surface area contributed by atoms with E-state index in [-0.39, 0.29) is 19.0 Å². The highest BCUT2D eigenvalue weighted by molar-refractivity contribution is 5.46. The van der Waals surface area contributed by atoms with Crippen molar-refractivity contribution >= 4 is 5.69 Å². The van der Waals surface area contributed by atoms with Crippen LogP contribution >= 0.6 is 0 Å². The van der Waals surface area contributed by atoms with Crippen LogP contribution in [-0.2, 0) is 0 Å². The molecule has 0 atom stereocenters. The first-order valence-corrected chi connectivity index (χ1v) is 4.32. The van der Waals surface area contributed by atoms with Gasteiger partial charge >= 0.3 is 5.69 Å². The molecule has 0 saturated heterocycles. The van der Waals surface area contributed by atoms with E-state index in [0.29, 0.717) is 6.42 Å². The van der Waals surface area contributed by atoms with Gasteiger partial charge in [-0.2, -0.15) is 0 Å². The van der Waals surface area contributed by atoms with Gasteiger partial charge in [0.15, 0.2) is 5.75 Å². The van der Waals surface area contributed by atoms with E-state index in [4.69, 9.17) is 9.84 Å². The first-order valence-electron chi connectivity index (χ1n) is 4.32. The first-order chi connectivity index (χ1) is 7.15. The van der Waals surface area contributed by atoms with Crippen molar-refractivity contribution in [2.45, 2.75) is 6.42 Å². The number of halogens is 1. The lowest BCUT2D eigenvalue weighted by atomic mass is 10.3. The zero-order valence-electron chi connectivity index (χ0n) is 7.85. The van der Waals surface area contributed by atoms with E-state index >= 15 is 0 Å². The normalized spacial score (nSPS) is 10.0. The summed E-state index contributed by atoms with van der Waals surface area (Å²) in [6.07, 6.45) is 0.370. The van der Waals surface area contributed by atoms with Crippen molar-refractivity contribution in [3.63, 3.8) is 0 Å². The predicted molar refractivity (Wildman–Crippen MR) is 50.3 cm³/mol. The number of nitrogens with zero attached hydrogens (tertiary/aromatic N) is 1. The molecule has 5 nitrogen and oxygen atoms in total. The van der Waals surface area contributed by atoms with E-state index in [2.05, 4.69) is 0 Å². The molecule has 0 saturated carbocycles. The van der Waals surface area contributed by atoms with Gasteiger partial charge in [0.2, 0.25) is 0 Å². The molecular formula is C9H10FNO4. The van der Waals surface area contributed by atoms with E-state index in [1.54, 1.807) is 0 Å². The minimum absolute atomic E-state index is 0.00912. The minimum atomic E-state index is -0.711. The summed E-state index contributed by atoms with van der Waals surface area (Å²) in [5.74, 6) is -0.675. The molecule has 15 heavy (non-hydrogen) atoms. The Hall–Kier alpha value is -1.69. The Bertz CT molecular complexity index is 356. The maximum absolute atomic E-state index is 12.7. The lowest BCUT2D eigenvalue weighted by Crippen LogP contribution is -2.02. The molecule has 1 aromatic carbocycles. The highest BCUT2D eigenvalue weighted by Gasteiger charge is 2.15. The van der Waals surface area contributed by atoms with Crippen molar-refractivity contribution in [2.24, 2.45) is 0 Å². The molecule has 1 rings (SSSR count). The Balaban J connectivity index is 2.81. The van der Waals surface area contributed by atoms with E-state index in [1.165, 1.54) is 6.07 Å². The zero-order chi connectivity index (χ0) is 11.3. The number of rotatable bonds is 5. The van der Waals surface area contributed by atoms with Crippen LogP contribution in [0.2, 0.25) is 0 Å². The van der Waals surface area contributed by atoms with Gasteiger partial charge in [0.25, 0.3) is 0 Å². The second kappa shape index (κ2) is 5.26. The second-order valence-electron chi connectivity index (χ2n) is 2.79. The number of hydrogen-bond donors (Lipinski definition) is 1. The highest BCUT2D eigenvalue weighted by Crippen LogP contribution is 2.27. The van der Waals surface area contributed by atoms with Gasteiger partial charge in [-0.05, 0) is 12.1 Å². The summed E-state index contributed by atoms with van der Waals surface area (Å²) in [5.41, 5.74) is -0.409. The summed E-state index contributed by atoms with van der Waals surface area (Å²) < 4.78 is 17.7. The van der Waals surface area contributed by atoms with Gasteiger partial charge in [-0.3, -0.25) is 10.1 Å². The molecular weight excluding hydrogens is 205 g/mol. The number of aliphatic hydroxyl groups excluding tert-OH is 1. The topological polar surface area (TPSA) is 72.6 Å². The van der Waals surface area contributed by atoms with Crippen molar-refractivity contribution in [3.05, 3.63) is 34.1 Å². The molecule has 6 heteroatoms. The summed E-state index contributed by atoms with van der Waals surface area (Å²) in [4.78, 5) is 9.81. The number of hydrogen-bond acceptors (Lipinski definition) is 4. The minimum Gasteiger partial charge on any atom is -0.487 e. The molecule has 0 aliphatic rings. The molecule has 0 fully saturated rings. The third-order valence-corrected chi connectivity index (χ3v) is 1.68. The fraction of sp³-hybridized carbons (Fsp3) is 0.333. The Morgan fingerprint density at radius 3 is 2.87 bits per heavy atom. The molecule has 1 N–H and O–H groups in total. The second-order valence-corrected chi connectivity index (χ2v) is 2.79. The molecule has 0 aliphatic carbocycles. The van der Waals surface area contributed by atoms with E-state index < -0.39 is 16.4 Å². The lowest BCUT2D eigenvalue weighted by molar-refractivity contribution is -0.386. The number of nitro groups is 1. The standard InChI is InChI=1S/C9H10FNO4/c10-7-2-3-9(15-5-1-4-12)8(6-7)11(13)14/h2-3,6,12H,1,4-5H2. The largest absolute Gasteiger partial charge is 0.487 e. The molecule has 0 aliphatic heterocycles. The van der Waals surface area contributed by atoms with Gasteiger partial charge in [0.1, 0.15) is 5.82 Å². The van der Waals surface area contributed by atoms with E-state index in [9.17, 15) is 14.5 Å². The Morgan fingerprint density at radius 2 is 2.27 bits per heavy atom. The maximum Gasteiger partial charge on any atom is 0.313 e. The summed E-state index contributed by atoms with van der Waals surface area (Å²) in [6, 6.07) is 3.08. The molecule has 0 heterocycles. The van der Waals surface area contributed by atoms with Crippen LogP contribution in [0.5, 0.6) is 5.75 Å². The molecule has 0 unspecified atom stereocenters. The average molecular weight is 215 g/mol. The SMILES string of the molecule is O=[N+]([O-])c1cc(F)ccc1OCCCO. The first kappa shape index (κ1) is 11.4. The Morgan fingerprint density at radius 1 is 1.53 bits per heavy atom. The average Bonchev–Trinajstić information content (AvgIpc) is 2.20. The van der Waals surface area contributed by atoms with Gasteiger partial charge < -0.3 is 9.84 Å². The van der Waals surface area contributed by atoms with E-state index in [1.807, 2.05) is 0 Å². The van der Waals surface area contributed by atoms with Crippen molar-refractivity contribution in [1.29, 1.82) is 0 Å². The molecule has 82 valence electrons. The number of benzene rings is 1. The van der Waals surface area contributed by atoms with Gasteiger partial charge in [-0.15, -0.1) is 0 Å². The smallest absolute Gasteiger partial charge is 0.313 e. The quantitative estimate of drug-likeness (QED) is 0.459. The van der Waals surface area contributed by atoms with Gasteiger partial charge in [0, 0.05) is 13.0 Å². The fourth-order valence-corrected chi connectivity index (χ4v) is 1.00. The third-order valence-electron chi connectivity index (χ3n) is 1.68. The van der Waals surface area contributed by atoms with Crippen LogP contribution in [0.1, 0.15) is 6.42 Å². The maximum atomic E-state index is 12.7. The van der Waals surface area contributed by atoms with Gasteiger partial charge in [0.05, 0.1) is 17.6 Å². The van der Waals surface area contributed by atoms with Crippen LogP contribution in [0.15, 0.2) is 18.2 Å². The summed E-state index contributed by atoms with van der Waals surface area (Å²) >= 11 is 0. The lowest BCUT2D eigenvalue weighted by Gasteiger charge is -2.05. The molecule has 0 spiro atoms. The monoisotopic (exact) mass is 215 g/mol. The third kappa shape index (κ3) is 3.17. The molecule has 0 radical (unpaired) electrons. The molecule has 0 aromatic heterocycles. The highest BCUT2D eigenvalue weighted by atomic mass is 19.1. The van der Waals surface area contributed by atoms with E-state index in [0.717, 1.165) is 12.1 Å². The Kier molecular flexibility index (Phi) is 3.99. The van der Waals surface area contributed by atoms with Crippen LogP contribution < -0.4 is 4.74 Å². The predicted octanol–water partition coefficient (Wildman–Crippen LogP) is 1.50. The van der Waals surface area contributed by atoms with Gasteiger partial charge in [-0.25, -0.2) is 4.39 Å². The molecule has 0 amide bonds. The van der Waals surface area contributed by atoms with Crippen LogP contribution in [0.25, 0.3) is 0 Å². The number of aliphatic hydroxyl groups is 1. The van der Waals surface area contributed by atoms with Crippen molar-refractivity contribution in [3.8, 4) is 5.75 Å². The zero-order valence-corrected chi connectivity index (χ0v) is 7.85. The number of nitro benzene ring substituents is 1. The summed E-state index contributed by atoms with van der Waals surface area (Å²) in [5, 5.41) is 19.0. The Labute approximate surface area is 85.3 Å². The van der Waals surface area contributed by atoms with Crippen LogP contribution in [0.3, 0.4) is 0 Å². The van der Waals surface area contributed by atoms with Crippen LogP contribution in [0, 0.1) is 15.9 Å². The number of ether oxygens (including phenoxy) is 1. The summed E-state index contributed by atoms with van der Waals surface area (Å²) in [7, 11) is 0. The van der Waals surface area contributed by atoms with Crippen molar-refractivity contribution in [1.82, 2.24) is 0 Å². The molecule has 0 bridgehead atoms. The van der Waals surface area contributed by atoms with Gasteiger partial charge in [-0.1, -0.05) is 0 Å². The van der Waals surface area contributed by atoms with Crippen molar-refractivity contribution < 1.29 is 19.2 Å². The van der Waals surface area contributed by atoms with Crippen LogP contribution in [0.4, 0.5) is 10.1 Å². The fourth-order valence-electron chi connectivity index (χ4n) is 1.00. The molecule has 1 aromatic rings. The van der Waals surface area contributed by atoms with Crippen molar-refractivity contribution in [2.75, 3.05) is 13.2 Å². The van der Waals surface area contributed by atoms with Crippen LogP contribution in [-0.4, -0.2) is 23.2 Å². The summed E-state index contributed by atoms with van der Waals surface area (Å²) in [6.45, 7) is 0.0952.